The van der Waals surface area contributed by atoms with E-state index in [-0.39, 0.29) is 11.4 Å². The summed E-state index contributed by atoms with van der Waals surface area (Å²) in [5.41, 5.74) is 1.29. The zero-order chi connectivity index (χ0) is 17.6. The van der Waals surface area contributed by atoms with E-state index in [1.54, 1.807) is 54.6 Å². The second-order valence-corrected chi connectivity index (χ2v) is 5.46. The molecule has 0 aliphatic rings. The van der Waals surface area contributed by atoms with Gasteiger partial charge in [-0.25, -0.2) is 0 Å². The van der Waals surface area contributed by atoms with E-state index in [9.17, 15) is 9.59 Å². The van der Waals surface area contributed by atoms with Crippen molar-refractivity contribution in [2.24, 2.45) is 0 Å². The second-order valence-electron chi connectivity index (χ2n) is 5.03. The first-order valence-corrected chi connectivity index (χ1v) is 7.75. The highest BCUT2D eigenvalue weighted by atomic mass is 35.5. The van der Waals surface area contributed by atoms with Gasteiger partial charge in [0.1, 0.15) is 11.4 Å². The lowest BCUT2D eigenvalue weighted by Gasteiger charge is -2.12. The third-order valence-corrected chi connectivity index (χ3v) is 3.51. The van der Waals surface area contributed by atoms with Crippen molar-refractivity contribution in [1.29, 1.82) is 0 Å². The average Bonchev–Trinajstić information content (AvgIpc) is 2.65. The molecule has 2 aromatic heterocycles. The molecule has 0 radical (unpaired) electrons. The largest absolute Gasteiger partial charge is 0.319 e. The van der Waals surface area contributed by atoms with E-state index in [0.717, 1.165) is 0 Å². The summed E-state index contributed by atoms with van der Waals surface area (Å²) < 4.78 is 0. The van der Waals surface area contributed by atoms with Gasteiger partial charge in [-0.3, -0.25) is 19.6 Å². The molecule has 0 bridgehead atoms. The van der Waals surface area contributed by atoms with Crippen LogP contribution < -0.4 is 10.6 Å². The lowest BCUT2D eigenvalue weighted by Crippen LogP contribution is -2.18. The van der Waals surface area contributed by atoms with Crippen LogP contribution in [0.25, 0.3) is 0 Å². The summed E-state index contributed by atoms with van der Waals surface area (Å²) in [5.74, 6) is -0.799. The molecular weight excluding hydrogens is 340 g/mol. The van der Waals surface area contributed by atoms with Crippen LogP contribution in [0.3, 0.4) is 0 Å². The molecule has 25 heavy (non-hydrogen) atoms. The van der Waals surface area contributed by atoms with Gasteiger partial charge in [-0.2, -0.15) is 0 Å². The normalized spacial score (nSPS) is 10.1. The van der Waals surface area contributed by atoms with Crippen LogP contribution in [-0.4, -0.2) is 21.8 Å². The van der Waals surface area contributed by atoms with Gasteiger partial charge >= 0.3 is 0 Å². The van der Waals surface area contributed by atoms with Crippen LogP contribution in [0, 0.1) is 0 Å². The Labute approximate surface area is 148 Å². The van der Waals surface area contributed by atoms with Crippen LogP contribution in [0.1, 0.15) is 21.0 Å². The number of carbonyl (C=O) groups excluding carboxylic acids is 2. The molecule has 2 amide bonds. The number of nitrogens with one attached hydrogen (secondary N) is 2. The molecule has 0 fully saturated rings. The number of amides is 2. The number of aromatic nitrogens is 2. The van der Waals surface area contributed by atoms with Crippen molar-refractivity contribution in [3.05, 3.63) is 83.4 Å². The van der Waals surface area contributed by atoms with E-state index >= 15 is 0 Å². The fraction of sp³-hybridized carbons (Fsp3) is 0. The number of carbonyl (C=O) groups is 2. The molecule has 3 rings (SSSR count). The zero-order valence-electron chi connectivity index (χ0n) is 12.9. The predicted molar refractivity (Wildman–Crippen MR) is 95.8 cm³/mol. The summed E-state index contributed by atoms with van der Waals surface area (Å²) >= 11 is 6.01. The highest BCUT2D eigenvalue weighted by molar-refractivity contribution is 6.31. The van der Waals surface area contributed by atoms with Crippen LogP contribution in [0.5, 0.6) is 0 Å². The van der Waals surface area contributed by atoms with Gasteiger partial charge < -0.3 is 10.6 Å². The van der Waals surface area contributed by atoms with Crippen LogP contribution in [0.4, 0.5) is 11.4 Å². The predicted octanol–water partition coefficient (Wildman–Crippen LogP) is 3.63. The number of benzene rings is 1. The molecule has 6 nitrogen and oxygen atoms in total. The van der Waals surface area contributed by atoms with E-state index in [0.29, 0.717) is 16.4 Å². The average molecular weight is 353 g/mol. The minimum Gasteiger partial charge on any atom is -0.319 e. The molecule has 0 saturated heterocycles. The number of hydrogen-bond acceptors (Lipinski definition) is 4. The Morgan fingerprint density at radius 2 is 1.32 bits per heavy atom. The summed E-state index contributed by atoms with van der Waals surface area (Å²) in [6, 6.07) is 14.8. The molecule has 0 aliphatic carbocycles. The Hall–Kier alpha value is -3.25. The van der Waals surface area contributed by atoms with Crippen LogP contribution in [0.15, 0.2) is 67.0 Å². The van der Waals surface area contributed by atoms with E-state index in [1.807, 2.05) is 0 Å². The summed E-state index contributed by atoms with van der Waals surface area (Å²) in [4.78, 5) is 32.6. The molecule has 3 aromatic rings. The summed E-state index contributed by atoms with van der Waals surface area (Å²) in [6.45, 7) is 0. The molecule has 124 valence electrons. The van der Waals surface area contributed by atoms with Crippen molar-refractivity contribution in [3.63, 3.8) is 0 Å². The summed E-state index contributed by atoms with van der Waals surface area (Å²) in [5, 5.41) is 5.84. The van der Waals surface area contributed by atoms with Crippen molar-refractivity contribution in [2.75, 3.05) is 10.6 Å². The maximum Gasteiger partial charge on any atom is 0.274 e. The van der Waals surface area contributed by atoms with E-state index in [1.165, 1.54) is 12.4 Å². The third kappa shape index (κ3) is 4.19. The van der Waals surface area contributed by atoms with Crippen molar-refractivity contribution in [1.82, 2.24) is 9.97 Å². The Balaban J connectivity index is 1.83. The van der Waals surface area contributed by atoms with E-state index in [2.05, 4.69) is 20.6 Å². The van der Waals surface area contributed by atoms with Gasteiger partial charge in [-0.15, -0.1) is 0 Å². The first-order chi connectivity index (χ1) is 12.1. The number of rotatable bonds is 4. The molecule has 7 heteroatoms. The zero-order valence-corrected chi connectivity index (χ0v) is 13.7. The van der Waals surface area contributed by atoms with Crippen molar-refractivity contribution in [2.45, 2.75) is 0 Å². The Bertz CT molecular complexity index is 901. The van der Waals surface area contributed by atoms with Crippen LogP contribution in [0.2, 0.25) is 5.02 Å². The van der Waals surface area contributed by atoms with Gasteiger partial charge in [0.15, 0.2) is 0 Å². The molecule has 0 unspecified atom stereocenters. The Kier molecular flexibility index (Phi) is 5.01. The minimum absolute atomic E-state index is 0.254. The van der Waals surface area contributed by atoms with Crippen LogP contribution >= 0.6 is 11.6 Å². The first-order valence-electron chi connectivity index (χ1n) is 7.38. The van der Waals surface area contributed by atoms with E-state index in [4.69, 9.17) is 11.6 Å². The molecular formula is C18H13ClN4O2. The molecule has 2 heterocycles. The Morgan fingerprint density at radius 3 is 1.84 bits per heavy atom. The number of hydrogen-bond donors (Lipinski definition) is 2. The van der Waals surface area contributed by atoms with Gasteiger partial charge in [-0.1, -0.05) is 23.7 Å². The summed E-state index contributed by atoms with van der Waals surface area (Å²) in [6.07, 6.45) is 3.05. The van der Waals surface area contributed by atoms with Gasteiger partial charge in [0, 0.05) is 17.4 Å². The van der Waals surface area contributed by atoms with Gasteiger partial charge in [0.2, 0.25) is 0 Å². The SMILES string of the molecule is O=C(Nc1ccc(Cl)cc1NC(=O)c1ccccn1)c1ccccn1. The summed E-state index contributed by atoms with van der Waals surface area (Å²) in [7, 11) is 0. The first kappa shape index (κ1) is 16.6. The van der Waals surface area contributed by atoms with Gasteiger partial charge in [0.25, 0.3) is 11.8 Å². The fourth-order valence-electron chi connectivity index (χ4n) is 2.10. The third-order valence-electron chi connectivity index (χ3n) is 3.27. The van der Waals surface area contributed by atoms with Crippen LogP contribution in [-0.2, 0) is 0 Å². The molecule has 2 N–H and O–H groups in total. The number of halogens is 1. The standard InChI is InChI=1S/C18H13ClN4O2/c19-12-7-8-13(22-17(24)14-5-1-3-9-20-14)16(11-12)23-18(25)15-6-2-4-10-21-15/h1-11H,(H,22,24)(H,23,25). The second kappa shape index (κ2) is 7.55. The van der Waals surface area contributed by atoms with Crippen molar-refractivity contribution < 1.29 is 9.59 Å². The number of nitrogens with zero attached hydrogens (tertiary/aromatic N) is 2. The molecule has 0 spiro atoms. The fourth-order valence-corrected chi connectivity index (χ4v) is 2.27. The van der Waals surface area contributed by atoms with Gasteiger partial charge in [0.05, 0.1) is 11.4 Å². The minimum atomic E-state index is -0.406. The van der Waals surface area contributed by atoms with Crippen molar-refractivity contribution >= 4 is 34.8 Å². The van der Waals surface area contributed by atoms with Gasteiger partial charge in [-0.05, 0) is 42.5 Å². The highest BCUT2D eigenvalue weighted by Gasteiger charge is 2.14. The molecule has 0 aliphatic heterocycles. The lowest BCUT2D eigenvalue weighted by molar-refractivity contribution is 0.101. The quantitative estimate of drug-likeness (QED) is 0.750. The molecule has 1 aromatic carbocycles. The molecule has 0 saturated carbocycles. The lowest BCUT2D eigenvalue weighted by atomic mass is 10.2. The van der Waals surface area contributed by atoms with Crippen molar-refractivity contribution in [3.8, 4) is 0 Å². The maximum atomic E-state index is 12.3. The monoisotopic (exact) mass is 352 g/mol. The Morgan fingerprint density at radius 1 is 0.760 bits per heavy atom. The number of pyridine rings is 2. The highest BCUT2D eigenvalue weighted by Crippen LogP contribution is 2.26. The number of anilines is 2. The van der Waals surface area contributed by atoms with E-state index < -0.39 is 11.8 Å². The topological polar surface area (TPSA) is 84.0 Å². The molecule has 0 atom stereocenters. The maximum absolute atomic E-state index is 12.3. The smallest absolute Gasteiger partial charge is 0.274 e.